The van der Waals surface area contributed by atoms with Gasteiger partial charge in [0.2, 0.25) is 5.91 Å². The summed E-state index contributed by atoms with van der Waals surface area (Å²) in [5.41, 5.74) is -0.607. The van der Waals surface area contributed by atoms with Gasteiger partial charge in [0, 0.05) is 18.6 Å². The van der Waals surface area contributed by atoms with E-state index >= 15 is 0 Å². The summed E-state index contributed by atoms with van der Waals surface area (Å²) in [6.45, 7) is 0. The molecule has 1 aliphatic carbocycles. The number of rotatable bonds is 6. The quantitative estimate of drug-likeness (QED) is 0.600. The van der Waals surface area contributed by atoms with Crippen molar-refractivity contribution in [1.82, 2.24) is 0 Å². The fourth-order valence-electron chi connectivity index (χ4n) is 3.42. The average molecular weight is 345 g/mol. The molecule has 0 spiro atoms. The highest BCUT2D eigenvalue weighted by molar-refractivity contribution is 5.93. The van der Waals surface area contributed by atoms with Gasteiger partial charge in [0.25, 0.3) is 5.69 Å². The molecule has 0 saturated heterocycles. The summed E-state index contributed by atoms with van der Waals surface area (Å²) in [5.74, 6) is -1.31. The van der Waals surface area contributed by atoms with Crippen molar-refractivity contribution >= 4 is 23.3 Å². The van der Waals surface area contributed by atoms with Crippen LogP contribution in [0.3, 0.4) is 0 Å². The summed E-state index contributed by atoms with van der Waals surface area (Å²) in [4.78, 5) is 33.7. The van der Waals surface area contributed by atoms with E-state index in [0.29, 0.717) is 12.8 Å². The second-order valence-corrected chi connectivity index (χ2v) is 6.45. The number of nitro benzene ring substituents is 1. The minimum atomic E-state index is -0.928. The maximum atomic E-state index is 12.4. The molecule has 8 heteroatoms. The molecular formula is C17H19N3O5. The van der Waals surface area contributed by atoms with Gasteiger partial charge in [0.15, 0.2) is 0 Å². The Morgan fingerprint density at radius 1 is 1.28 bits per heavy atom. The predicted molar refractivity (Wildman–Crippen MR) is 88.8 cm³/mol. The summed E-state index contributed by atoms with van der Waals surface area (Å²) < 4.78 is 0. The summed E-state index contributed by atoms with van der Waals surface area (Å²) in [5, 5.41) is 31.6. The highest BCUT2D eigenvalue weighted by Crippen LogP contribution is 2.42. The van der Waals surface area contributed by atoms with Crippen molar-refractivity contribution in [2.75, 3.05) is 5.32 Å². The number of carboxylic acids is 1. The highest BCUT2D eigenvalue weighted by Gasteiger charge is 2.36. The van der Waals surface area contributed by atoms with Gasteiger partial charge in [-0.15, -0.1) is 0 Å². The number of anilines is 1. The summed E-state index contributed by atoms with van der Waals surface area (Å²) in [7, 11) is 0. The van der Waals surface area contributed by atoms with Crippen LogP contribution in [0.15, 0.2) is 18.2 Å². The predicted octanol–water partition coefficient (Wildman–Crippen LogP) is 3.22. The minimum absolute atomic E-state index is 0.00141. The highest BCUT2D eigenvalue weighted by atomic mass is 16.6. The fourth-order valence-corrected chi connectivity index (χ4v) is 3.42. The molecule has 1 saturated carbocycles. The molecule has 1 aromatic carbocycles. The minimum Gasteiger partial charge on any atom is -0.481 e. The van der Waals surface area contributed by atoms with E-state index in [9.17, 15) is 19.7 Å². The number of carbonyl (C=O) groups excluding carboxylic acids is 1. The Hall–Kier alpha value is -2.95. The molecule has 1 fully saturated rings. The standard InChI is InChI=1S/C17H19N3O5/c18-11-12-8-13(20(24)25)4-5-14(12)19-15(21)9-17(10-16(22)23)6-2-1-3-7-17/h4-5,8H,1-3,6-7,9-10H2,(H,19,21)(H,22,23). The molecule has 0 radical (unpaired) electrons. The Morgan fingerprint density at radius 3 is 2.52 bits per heavy atom. The van der Waals surface area contributed by atoms with Gasteiger partial charge in [-0.2, -0.15) is 5.26 Å². The van der Waals surface area contributed by atoms with Crippen LogP contribution in [0.2, 0.25) is 0 Å². The third kappa shape index (κ3) is 4.76. The molecule has 8 nitrogen and oxygen atoms in total. The molecule has 132 valence electrons. The number of non-ortho nitro benzene ring substituents is 1. The van der Waals surface area contributed by atoms with Crippen molar-refractivity contribution in [3.8, 4) is 6.07 Å². The van der Waals surface area contributed by atoms with Crippen LogP contribution >= 0.6 is 0 Å². The van der Waals surface area contributed by atoms with Crippen LogP contribution < -0.4 is 5.32 Å². The molecule has 0 aliphatic heterocycles. The average Bonchev–Trinajstić information content (AvgIpc) is 2.54. The summed E-state index contributed by atoms with van der Waals surface area (Å²) in [6.07, 6.45) is 4.16. The van der Waals surface area contributed by atoms with Crippen molar-refractivity contribution in [2.45, 2.75) is 44.9 Å². The first-order valence-corrected chi connectivity index (χ1v) is 8.05. The van der Waals surface area contributed by atoms with E-state index < -0.39 is 16.3 Å². The number of amides is 1. The van der Waals surface area contributed by atoms with Gasteiger partial charge in [-0.25, -0.2) is 0 Å². The normalized spacial score (nSPS) is 15.8. The lowest BCUT2D eigenvalue weighted by atomic mass is 9.69. The zero-order chi connectivity index (χ0) is 18.4. The monoisotopic (exact) mass is 345 g/mol. The molecule has 1 amide bonds. The lowest BCUT2D eigenvalue weighted by Gasteiger charge is -2.35. The lowest BCUT2D eigenvalue weighted by molar-refractivity contribution is -0.384. The molecule has 0 bridgehead atoms. The van der Waals surface area contributed by atoms with Gasteiger partial charge in [0.05, 0.1) is 22.6 Å². The SMILES string of the molecule is N#Cc1cc([N+](=O)[O-])ccc1NC(=O)CC1(CC(=O)O)CCCCC1. The third-order valence-electron chi connectivity index (χ3n) is 4.58. The third-order valence-corrected chi connectivity index (χ3v) is 4.58. The Morgan fingerprint density at radius 2 is 1.96 bits per heavy atom. The van der Waals surface area contributed by atoms with E-state index in [1.54, 1.807) is 0 Å². The smallest absolute Gasteiger partial charge is 0.303 e. The van der Waals surface area contributed by atoms with Gasteiger partial charge in [-0.1, -0.05) is 19.3 Å². The summed E-state index contributed by atoms with van der Waals surface area (Å²) >= 11 is 0. The van der Waals surface area contributed by atoms with Crippen molar-refractivity contribution < 1.29 is 19.6 Å². The number of nitro groups is 1. The van der Waals surface area contributed by atoms with Crippen molar-refractivity contribution in [1.29, 1.82) is 5.26 Å². The number of carbonyl (C=O) groups is 2. The Labute approximate surface area is 144 Å². The van der Waals surface area contributed by atoms with Crippen molar-refractivity contribution in [2.24, 2.45) is 5.41 Å². The molecule has 0 aromatic heterocycles. The zero-order valence-electron chi connectivity index (χ0n) is 13.7. The van der Waals surface area contributed by atoms with E-state index in [-0.39, 0.29) is 35.7 Å². The second-order valence-electron chi connectivity index (χ2n) is 6.45. The molecule has 1 aromatic rings. The molecule has 0 unspecified atom stereocenters. The lowest BCUT2D eigenvalue weighted by Crippen LogP contribution is -2.32. The molecule has 25 heavy (non-hydrogen) atoms. The van der Waals surface area contributed by atoms with Gasteiger partial charge in [-0.3, -0.25) is 19.7 Å². The number of nitrogens with one attached hydrogen (secondary N) is 1. The number of nitriles is 1. The number of nitrogens with zero attached hydrogens (tertiary/aromatic N) is 2. The van der Waals surface area contributed by atoms with Crippen LogP contribution in [0, 0.1) is 26.9 Å². The largest absolute Gasteiger partial charge is 0.481 e. The van der Waals surface area contributed by atoms with Crippen LogP contribution in [-0.2, 0) is 9.59 Å². The molecule has 2 N–H and O–H groups in total. The number of hydrogen-bond donors (Lipinski definition) is 2. The first-order valence-electron chi connectivity index (χ1n) is 8.05. The maximum absolute atomic E-state index is 12.4. The van der Waals surface area contributed by atoms with Crippen LogP contribution in [0.4, 0.5) is 11.4 Å². The van der Waals surface area contributed by atoms with E-state index in [0.717, 1.165) is 25.3 Å². The van der Waals surface area contributed by atoms with Crippen LogP contribution in [0.5, 0.6) is 0 Å². The molecule has 2 rings (SSSR count). The van der Waals surface area contributed by atoms with E-state index in [1.165, 1.54) is 12.1 Å². The Balaban J connectivity index is 2.14. The topological polar surface area (TPSA) is 133 Å². The number of aliphatic carboxylic acids is 1. The maximum Gasteiger partial charge on any atom is 0.303 e. The zero-order valence-corrected chi connectivity index (χ0v) is 13.7. The fraction of sp³-hybridized carbons (Fsp3) is 0.471. The number of benzene rings is 1. The van der Waals surface area contributed by atoms with Gasteiger partial charge < -0.3 is 10.4 Å². The van der Waals surface area contributed by atoms with Gasteiger partial charge >= 0.3 is 5.97 Å². The Kier molecular flexibility index (Phi) is 5.70. The Bertz CT molecular complexity index is 732. The number of hydrogen-bond acceptors (Lipinski definition) is 5. The first-order chi connectivity index (χ1) is 11.8. The molecule has 1 aliphatic rings. The molecule has 0 atom stereocenters. The van der Waals surface area contributed by atoms with Crippen LogP contribution in [-0.4, -0.2) is 21.9 Å². The number of carboxylic acid groups (broad SMARTS) is 1. The molecular weight excluding hydrogens is 326 g/mol. The van der Waals surface area contributed by atoms with Gasteiger partial charge in [0.1, 0.15) is 6.07 Å². The summed E-state index contributed by atoms with van der Waals surface area (Å²) in [6, 6.07) is 5.46. The van der Waals surface area contributed by atoms with Gasteiger partial charge in [-0.05, 0) is 24.3 Å². The van der Waals surface area contributed by atoms with E-state index in [1.807, 2.05) is 6.07 Å². The van der Waals surface area contributed by atoms with Crippen molar-refractivity contribution in [3.05, 3.63) is 33.9 Å². The second kappa shape index (κ2) is 7.75. The molecule has 0 heterocycles. The van der Waals surface area contributed by atoms with Crippen molar-refractivity contribution in [3.63, 3.8) is 0 Å². The van der Waals surface area contributed by atoms with Crippen LogP contribution in [0.25, 0.3) is 0 Å². The van der Waals surface area contributed by atoms with Crippen LogP contribution in [0.1, 0.15) is 50.5 Å². The van der Waals surface area contributed by atoms with E-state index in [2.05, 4.69) is 5.32 Å². The first kappa shape index (κ1) is 18.4. The van der Waals surface area contributed by atoms with E-state index in [4.69, 9.17) is 10.4 Å².